The van der Waals surface area contributed by atoms with Crippen molar-refractivity contribution in [1.82, 2.24) is 5.32 Å². The number of hydrogen-bond acceptors (Lipinski definition) is 3. The fourth-order valence-corrected chi connectivity index (χ4v) is 2.21. The number of benzene rings is 1. The number of aryl methyl sites for hydroxylation is 1. The van der Waals surface area contributed by atoms with Crippen molar-refractivity contribution in [3.05, 3.63) is 35.4 Å². The van der Waals surface area contributed by atoms with E-state index in [0.29, 0.717) is 13.2 Å². The maximum Gasteiger partial charge on any atom is 0.0447 e. The highest BCUT2D eigenvalue weighted by atomic mass is 16.2. The van der Waals surface area contributed by atoms with Gasteiger partial charge in [0.1, 0.15) is 0 Å². The first-order valence-electron chi connectivity index (χ1n) is 6.95. The van der Waals surface area contributed by atoms with Crippen molar-refractivity contribution >= 4 is 0 Å². The van der Waals surface area contributed by atoms with Crippen LogP contribution in [0.1, 0.15) is 43.4 Å². The minimum Gasteiger partial charge on any atom is -0.396 e. The average Bonchev–Trinajstić information content (AvgIpc) is 2.43. The van der Waals surface area contributed by atoms with Crippen LogP contribution < -0.4 is 11.1 Å². The molecule has 4 N–H and O–H groups in total. The molecule has 0 amide bonds. The number of nitrogens with one attached hydrogen (secondary N) is 1. The van der Waals surface area contributed by atoms with Crippen LogP contribution in [-0.2, 0) is 6.42 Å². The van der Waals surface area contributed by atoms with E-state index in [-0.39, 0.29) is 6.04 Å². The molecule has 0 bridgehead atoms. The summed E-state index contributed by atoms with van der Waals surface area (Å²) in [6, 6.07) is 8.74. The van der Waals surface area contributed by atoms with Crippen LogP contribution in [0.2, 0.25) is 0 Å². The second-order valence-corrected chi connectivity index (χ2v) is 4.58. The predicted octanol–water partition coefficient (Wildman–Crippen LogP) is 2.00. The molecule has 0 heterocycles. The lowest BCUT2D eigenvalue weighted by Gasteiger charge is -2.20. The van der Waals surface area contributed by atoms with Gasteiger partial charge in [0.15, 0.2) is 0 Å². The summed E-state index contributed by atoms with van der Waals surface area (Å²) in [5.41, 5.74) is 8.56. The van der Waals surface area contributed by atoms with Crippen LogP contribution in [0.5, 0.6) is 0 Å². The Hall–Kier alpha value is -0.900. The molecule has 0 aliphatic rings. The molecule has 1 aromatic rings. The SMILES string of the molecule is CCc1ccccc1C(CN)NCCCCCO. The van der Waals surface area contributed by atoms with E-state index >= 15 is 0 Å². The second-order valence-electron chi connectivity index (χ2n) is 4.58. The molecule has 1 rings (SSSR count). The summed E-state index contributed by atoms with van der Waals surface area (Å²) < 4.78 is 0. The van der Waals surface area contributed by atoms with Gasteiger partial charge in [0.2, 0.25) is 0 Å². The van der Waals surface area contributed by atoms with Gasteiger partial charge in [0, 0.05) is 19.2 Å². The minimum absolute atomic E-state index is 0.246. The third-order valence-corrected chi connectivity index (χ3v) is 3.27. The molecule has 0 aliphatic carbocycles. The molecule has 0 fully saturated rings. The molecule has 0 radical (unpaired) electrons. The number of hydrogen-bond donors (Lipinski definition) is 3. The summed E-state index contributed by atoms with van der Waals surface area (Å²) in [5, 5.41) is 12.2. The van der Waals surface area contributed by atoms with Gasteiger partial charge in [-0.1, -0.05) is 31.2 Å². The molecule has 3 nitrogen and oxygen atoms in total. The van der Waals surface area contributed by atoms with Crippen molar-refractivity contribution < 1.29 is 5.11 Å². The van der Waals surface area contributed by atoms with E-state index in [1.807, 2.05) is 0 Å². The largest absolute Gasteiger partial charge is 0.396 e. The average molecular weight is 250 g/mol. The minimum atomic E-state index is 0.246. The summed E-state index contributed by atoms with van der Waals surface area (Å²) >= 11 is 0. The van der Waals surface area contributed by atoms with Crippen LogP contribution in [0.3, 0.4) is 0 Å². The standard InChI is InChI=1S/C15H26N2O/c1-2-13-8-4-5-9-14(13)15(12-16)17-10-6-3-7-11-18/h4-5,8-9,15,17-18H,2-3,6-7,10-12,16H2,1H3. The molecule has 1 atom stereocenters. The Morgan fingerprint density at radius 1 is 1.22 bits per heavy atom. The highest BCUT2D eigenvalue weighted by molar-refractivity contribution is 5.30. The first kappa shape index (κ1) is 15.2. The second kappa shape index (κ2) is 9.09. The van der Waals surface area contributed by atoms with Gasteiger partial charge in [0.05, 0.1) is 0 Å². The normalized spacial score (nSPS) is 12.6. The predicted molar refractivity (Wildman–Crippen MR) is 76.6 cm³/mol. The van der Waals surface area contributed by atoms with Gasteiger partial charge in [-0.3, -0.25) is 0 Å². The van der Waals surface area contributed by atoms with E-state index in [2.05, 4.69) is 36.5 Å². The summed E-state index contributed by atoms with van der Waals surface area (Å²) in [6.45, 7) is 4.05. The molecule has 0 aliphatic heterocycles. The van der Waals surface area contributed by atoms with Crippen molar-refractivity contribution in [2.24, 2.45) is 5.73 Å². The fraction of sp³-hybridized carbons (Fsp3) is 0.600. The fourth-order valence-electron chi connectivity index (χ4n) is 2.21. The molecule has 1 aromatic carbocycles. The molecule has 102 valence electrons. The number of aliphatic hydroxyl groups excluding tert-OH is 1. The molecular formula is C15H26N2O. The molecule has 3 heteroatoms. The van der Waals surface area contributed by atoms with Crippen LogP contribution in [0.4, 0.5) is 0 Å². The lowest BCUT2D eigenvalue weighted by molar-refractivity contribution is 0.282. The zero-order chi connectivity index (χ0) is 13.2. The number of nitrogens with two attached hydrogens (primary N) is 1. The highest BCUT2D eigenvalue weighted by Gasteiger charge is 2.11. The van der Waals surface area contributed by atoms with Gasteiger partial charge in [-0.15, -0.1) is 0 Å². The Morgan fingerprint density at radius 2 is 2.00 bits per heavy atom. The summed E-state index contributed by atoms with van der Waals surface area (Å²) in [7, 11) is 0. The van der Waals surface area contributed by atoms with Crippen LogP contribution in [0.15, 0.2) is 24.3 Å². The molecule has 0 saturated carbocycles. The zero-order valence-electron chi connectivity index (χ0n) is 11.4. The molecule has 0 aromatic heterocycles. The Balaban J connectivity index is 2.49. The van der Waals surface area contributed by atoms with E-state index < -0.39 is 0 Å². The number of unbranched alkanes of at least 4 members (excludes halogenated alkanes) is 2. The van der Waals surface area contributed by atoms with E-state index in [9.17, 15) is 0 Å². The maximum absolute atomic E-state index is 8.73. The van der Waals surface area contributed by atoms with Crippen LogP contribution in [-0.4, -0.2) is 24.8 Å². The van der Waals surface area contributed by atoms with Crippen LogP contribution >= 0.6 is 0 Å². The smallest absolute Gasteiger partial charge is 0.0447 e. The van der Waals surface area contributed by atoms with Crippen molar-refractivity contribution in [3.63, 3.8) is 0 Å². The quantitative estimate of drug-likeness (QED) is 0.588. The third-order valence-electron chi connectivity index (χ3n) is 3.27. The number of aliphatic hydroxyl groups is 1. The Morgan fingerprint density at radius 3 is 2.67 bits per heavy atom. The maximum atomic E-state index is 8.73. The lowest BCUT2D eigenvalue weighted by Crippen LogP contribution is -2.29. The van der Waals surface area contributed by atoms with Gasteiger partial charge in [-0.05, 0) is 43.4 Å². The number of rotatable bonds is 9. The van der Waals surface area contributed by atoms with E-state index in [0.717, 1.165) is 32.2 Å². The van der Waals surface area contributed by atoms with E-state index in [1.54, 1.807) is 0 Å². The molecule has 0 spiro atoms. The summed E-state index contributed by atoms with van der Waals surface area (Å²) in [6.07, 6.45) is 4.08. The third kappa shape index (κ3) is 4.77. The first-order chi connectivity index (χ1) is 8.83. The summed E-state index contributed by atoms with van der Waals surface area (Å²) in [4.78, 5) is 0. The lowest BCUT2D eigenvalue weighted by atomic mass is 9.98. The Kier molecular flexibility index (Phi) is 7.65. The van der Waals surface area contributed by atoms with Crippen molar-refractivity contribution in [1.29, 1.82) is 0 Å². The molecular weight excluding hydrogens is 224 g/mol. The topological polar surface area (TPSA) is 58.3 Å². The summed E-state index contributed by atoms with van der Waals surface area (Å²) in [5.74, 6) is 0. The van der Waals surface area contributed by atoms with Gasteiger partial charge >= 0.3 is 0 Å². The Labute approximate surface area is 110 Å². The van der Waals surface area contributed by atoms with E-state index in [4.69, 9.17) is 10.8 Å². The first-order valence-corrected chi connectivity index (χ1v) is 6.95. The van der Waals surface area contributed by atoms with Crippen molar-refractivity contribution in [3.8, 4) is 0 Å². The molecule has 0 saturated heterocycles. The van der Waals surface area contributed by atoms with E-state index in [1.165, 1.54) is 11.1 Å². The van der Waals surface area contributed by atoms with Crippen LogP contribution in [0, 0.1) is 0 Å². The van der Waals surface area contributed by atoms with Gasteiger partial charge < -0.3 is 16.2 Å². The van der Waals surface area contributed by atoms with Gasteiger partial charge in [0.25, 0.3) is 0 Å². The molecule has 1 unspecified atom stereocenters. The highest BCUT2D eigenvalue weighted by Crippen LogP contribution is 2.17. The van der Waals surface area contributed by atoms with Gasteiger partial charge in [-0.25, -0.2) is 0 Å². The van der Waals surface area contributed by atoms with Gasteiger partial charge in [-0.2, -0.15) is 0 Å². The Bertz CT molecular complexity index is 328. The van der Waals surface area contributed by atoms with Crippen molar-refractivity contribution in [2.45, 2.75) is 38.6 Å². The molecule has 18 heavy (non-hydrogen) atoms. The zero-order valence-corrected chi connectivity index (χ0v) is 11.4. The monoisotopic (exact) mass is 250 g/mol. The van der Waals surface area contributed by atoms with Crippen LogP contribution in [0.25, 0.3) is 0 Å². The van der Waals surface area contributed by atoms with Crippen molar-refractivity contribution in [2.75, 3.05) is 19.7 Å².